The van der Waals surface area contributed by atoms with E-state index in [1.165, 1.54) is 4.88 Å². The van der Waals surface area contributed by atoms with E-state index in [1.807, 2.05) is 24.3 Å². The highest BCUT2D eigenvalue weighted by Crippen LogP contribution is 2.27. The van der Waals surface area contributed by atoms with Gasteiger partial charge < -0.3 is 9.26 Å². The first-order valence-corrected chi connectivity index (χ1v) is 8.56. The van der Waals surface area contributed by atoms with Crippen LogP contribution in [-0.4, -0.2) is 54.9 Å². The van der Waals surface area contributed by atoms with Crippen molar-refractivity contribution in [3.8, 4) is 0 Å². The minimum absolute atomic E-state index is 0.418. The maximum atomic E-state index is 5.50. The van der Waals surface area contributed by atoms with Crippen LogP contribution in [0.2, 0.25) is 0 Å². The van der Waals surface area contributed by atoms with Crippen LogP contribution in [0, 0.1) is 6.92 Å². The normalized spacial score (nSPS) is 18.0. The number of aryl methyl sites for hydroxylation is 1. The fourth-order valence-electron chi connectivity index (χ4n) is 2.88. The van der Waals surface area contributed by atoms with Crippen molar-refractivity contribution in [3.05, 3.63) is 39.9 Å². The second kappa shape index (κ2) is 7.37. The van der Waals surface area contributed by atoms with E-state index in [0.29, 0.717) is 6.04 Å². The van der Waals surface area contributed by atoms with Crippen LogP contribution < -0.4 is 0 Å². The van der Waals surface area contributed by atoms with Gasteiger partial charge in [0.2, 0.25) is 0 Å². The zero-order valence-electron chi connectivity index (χ0n) is 13.2. The number of aromatic nitrogens is 1. The minimum Gasteiger partial charge on any atom is -0.379 e. The van der Waals surface area contributed by atoms with Crippen LogP contribution in [0.25, 0.3) is 0 Å². The maximum absolute atomic E-state index is 5.50. The molecule has 1 saturated heterocycles. The van der Waals surface area contributed by atoms with Crippen LogP contribution in [0.15, 0.2) is 28.1 Å². The Hall–Kier alpha value is -1.21. The Labute approximate surface area is 135 Å². The van der Waals surface area contributed by atoms with Crippen LogP contribution in [0.3, 0.4) is 0 Å². The molecule has 3 rings (SSSR count). The number of hydrogen-bond donors (Lipinski definition) is 0. The summed E-state index contributed by atoms with van der Waals surface area (Å²) >= 11 is 1.83. The SMILES string of the molecule is Cc1cc(CN(C)C[C@H](c2cccs2)N2CCOCC2)no1. The van der Waals surface area contributed by atoms with Gasteiger partial charge in [-0.2, -0.15) is 0 Å². The summed E-state index contributed by atoms with van der Waals surface area (Å²) in [4.78, 5) is 6.27. The predicted molar refractivity (Wildman–Crippen MR) is 87.0 cm³/mol. The number of rotatable bonds is 6. The van der Waals surface area contributed by atoms with Crippen LogP contribution in [-0.2, 0) is 11.3 Å². The van der Waals surface area contributed by atoms with Crippen LogP contribution in [0.4, 0.5) is 0 Å². The molecule has 0 aromatic carbocycles. The van der Waals surface area contributed by atoms with Crippen molar-refractivity contribution in [1.82, 2.24) is 15.0 Å². The molecule has 1 fully saturated rings. The number of morpholine rings is 1. The van der Waals surface area contributed by atoms with E-state index in [2.05, 4.69) is 39.5 Å². The Balaban J connectivity index is 1.66. The van der Waals surface area contributed by atoms with Gasteiger partial charge in [-0.1, -0.05) is 11.2 Å². The number of likely N-dealkylation sites (N-methyl/N-ethyl adjacent to an activating group) is 1. The Kier molecular flexibility index (Phi) is 5.25. The molecule has 0 unspecified atom stereocenters. The van der Waals surface area contributed by atoms with Gasteiger partial charge in [0.25, 0.3) is 0 Å². The van der Waals surface area contributed by atoms with Crippen molar-refractivity contribution in [2.75, 3.05) is 39.9 Å². The molecule has 1 aliphatic rings. The molecule has 1 aliphatic heterocycles. The first-order valence-electron chi connectivity index (χ1n) is 7.68. The molecular weight excluding hydrogens is 298 g/mol. The molecule has 0 bridgehead atoms. The van der Waals surface area contributed by atoms with Gasteiger partial charge in [-0.15, -0.1) is 11.3 Å². The Morgan fingerprint density at radius 1 is 1.41 bits per heavy atom. The third-order valence-corrected chi connectivity index (χ3v) is 4.92. The van der Waals surface area contributed by atoms with E-state index in [9.17, 15) is 0 Å². The molecule has 2 aromatic heterocycles. The highest BCUT2D eigenvalue weighted by molar-refractivity contribution is 7.10. The fraction of sp³-hybridized carbons (Fsp3) is 0.562. The molecule has 0 radical (unpaired) electrons. The molecule has 5 nitrogen and oxygen atoms in total. The van der Waals surface area contributed by atoms with Crippen LogP contribution in [0.5, 0.6) is 0 Å². The van der Waals surface area contributed by atoms with E-state index in [4.69, 9.17) is 9.26 Å². The first-order chi connectivity index (χ1) is 10.7. The molecule has 0 aliphatic carbocycles. The smallest absolute Gasteiger partial charge is 0.133 e. The molecule has 0 amide bonds. The molecule has 22 heavy (non-hydrogen) atoms. The molecule has 0 spiro atoms. The number of ether oxygens (including phenoxy) is 1. The minimum atomic E-state index is 0.418. The van der Waals surface area contributed by atoms with Crippen molar-refractivity contribution in [2.24, 2.45) is 0 Å². The molecule has 1 atom stereocenters. The van der Waals surface area contributed by atoms with E-state index in [1.54, 1.807) is 0 Å². The first kappa shape index (κ1) is 15.7. The largest absolute Gasteiger partial charge is 0.379 e. The van der Waals surface area contributed by atoms with E-state index in [0.717, 1.165) is 50.8 Å². The van der Waals surface area contributed by atoms with Gasteiger partial charge in [0, 0.05) is 37.1 Å². The average Bonchev–Trinajstić information content (AvgIpc) is 3.18. The molecule has 120 valence electrons. The maximum Gasteiger partial charge on any atom is 0.133 e. The van der Waals surface area contributed by atoms with Gasteiger partial charge in [-0.25, -0.2) is 0 Å². The van der Waals surface area contributed by atoms with E-state index >= 15 is 0 Å². The molecule has 3 heterocycles. The van der Waals surface area contributed by atoms with E-state index < -0.39 is 0 Å². The quantitative estimate of drug-likeness (QED) is 0.818. The van der Waals surface area contributed by atoms with Crippen molar-refractivity contribution in [3.63, 3.8) is 0 Å². The summed E-state index contributed by atoms with van der Waals surface area (Å²) in [7, 11) is 2.14. The lowest BCUT2D eigenvalue weighted by Gasteiger charge is -2.36. The van der Waals surface area contributed by atoms with Gasteiger partial charge in [-0.05, 0) is 25.4 Å². The highest BCUT2D eigenvalue weighted by atomic mass is 32.1. The lowest BCUT2D eigenvalue weighted by molar-refractivity contribution is 0.00953. The highest BCUT2D eigenvalue weighted by Gasteiger charge is 2.24. The van der Waals surface area contributed by atoms with Crippen molar-refractivity contribution in [1.29, 1.82) is 0 Å². The summed E-state index contributed by atoms with van der Waals surface area (Å²) in [5.74, 6) is 0.867. The van der Waals surface area contributed by atoms with Crippen LogP contribution >= 0.6 is 11.3 Å². The van der Waals surface area contributed by atoms with Gasteiger partial charge in [-0.3, -0.25) is 9.80 Å². The molecular formula is C16H23N3O2S. The lowest BCUT2D eigenvalue weighted by atomic mass is 10.1. The summed E-state index contributed by atoms with van der Waals surface area (Å²) in [5, 5.41) is 6.25. The molecule has 2 aromatic rings. The Morgan fingerprint density at radius 2 is 2.23 bits per heavy atom. The second-order valence-electron chi connectivity index (χ2n) is 5.81. The monoisotopic (exact) mass is 321 g/mol. The Bertz CT molecular complexity index is 564. The summed E-state index contributed by atoms with van der Waals surface area (Å²) in [6.07, 6.45) is 0. The van der Waals surface area contributed by atoms with Crippen molar-refractivity contribution in [2.45, 2.75) is 19.5 Å². The molecule has 6 heteroatoms. The fourth-order valence-corrected chi connectivity index (χ4v) is 3.74. The predicted octanol–water partition coefficient (Wildman–Crippen LogP) is 2.55. The second-order valence-corrected chi connectivity index (χ2v) is 6.78. The summed E-state index contributed by atoms with van der Waals surface area (Å²) in [6.45, 7) is 7.37. The van der Waals surface area contributed by atoms with Crippen molar-refractivity contribution >= 4 is 11.3 Å². The third kappa shape index (κ3) is 3.95. The van der Waals surface area contributed by atoms with Gasteiger partial charge >= 0.3 is 0 Å². The zero-order valence-corrected chi connectivity index (χ0v) is 14.0. The van der Waals surface area contributed by atoms with Gasteiger partial charge in [0.1, 0.15) is 5.76 Å². The topological polar surface area (TPSA) is 41.7 Å². The molecule has 0 saturated carbocycles. The van der Waals surface area contributed by atoms with Gasteiger partial charge in [0.05, 0.1) is 24.9 Å². The number of nitrogens with zero attached hydrogens (tertiary/aromatic N) is 3. The Morgan fingerprint density at radius 3 is 2.86 bits per heavy atom. The zero-order chi connectivity index (χ0) is 15.4. The standard InChI is InChI=1S/C16H23N3O2S/c1-13-10-14(17-21-13)11-18(2)12-15(16-4-3-9-22-16)19-5-7-20-8-6-19/h3-4,9-10,15H,5-8,11-12H2,1-2H3/t15-/m1/s1. The summed E-state index contributed by atoms with van der Waals surface area (Å²) < 4.78 is 10.7. The van der Waals surface area contributed by atoms with Crippen molar-refractivity contribution < 1.29 is 9.26 Å². The molecule has 0 N–H and O–H groups in total. The third-order valence-electron chi connectivity index (χ3n) is 3.95. The summed E-state index contributed by atoms with van der Waals surface area (Å²) in [6, 6.07) is 6.79. The van der Waals surface area contributed by atoms with E-state index in [-0.39, 0.29) is 0 Å². The summed E-state index contributed by atoms with van der Waals surface area (Å²) in [5.41, 5.74) is 0.993. The van der Waals surface area contributed by atoms with Crippen LogP contribution in [0.1, 0.15) is 22.4 Å². The van der Waals surface area contributed by atoms with Gasteiger partial charge in [0.15, 0.2) is 0 Å². The lowest BCUT2D eigenvalue weighted by Crippen LogP contribution is -2.42. The number of thiophene rings is 1. The average molecular weight is 321 g/mol. The number of hydrogen-bond acceptors (Lipinski definition) is 6.